The molecule has 0 amide bonds. The van der Waals surface area contributed by atoms with Crippen LogP contribution in [0.25, 0.3) is 0 Å². The van der Waals surface area contributed by atoms with Crippen LogP contribution in [-0.4, -0.2) is 11.5 Å². The lowest BCUT2D eigenvalue weighted by Gasteiger charge is -2.14. The summed E-state index contributed by atoms with van der Waals surface area (Å²) in [5.41, 5.74) is 4.53. The third-order valence-electron chi connectivity index (χ3n) is 0.678. The highest BCUT2D eigenvalue weighted by Gasteiger charge is 2.22. The highest BCUT2D eigenvalue weighted by molar-refractivity contribution is 8.00. The Morgan fingerprint density at radius 3 is 2.33 bits per heavy atom. The van der Waals surface area contributed by atoms with Gasteiger partial charge in [-0.25, -0.2) is 4.79 Å². The van der Waals surface area contributed by atoms with Crippen LogP contribution in [0.4, 0.5) is 0 Å². The van der Waals surface area contributed by atoms with Gasteiger partial charge in [0.1, 0.15) is 5.54 Å². The van der Waals surface area contributed by atoms with Crippen molar-refractivity contribution in [1.29, 1.82) is 0 Å². The van der Waals surface area contributed by atoms with E-state index < -0.39 is 5.54 Å². The molecule has 54 valence electrons. The number of carbonyl (C=O) groups is 1. The van der Waals surface area contributed by atoms with Crippen molar-refractivity contribution >= 4 is 23.4 Å². The van der Waals surface area contributed by atoms with E-state index in [4.69, 9.17) is 5.73 Å². The molecular weight excluding hydrogens is 156 g/mol. The molecule has 2 unspecified atom stereocenters. The van der Waals surface area contributed by atoms with Crippen LogP contribution < -0.4 is 5.73 Å². The smallest absolute Gasteiger partial charge is 0.328 e. The van der Waals surface area contributed by atoms with E-state index in [2.05, 4.69) is 13.5 Å². The summed E-state index contributed by atoms with van der Waals surface area (Å²) in [7, 11) is 2.41. The van der Waals surface area contributed by atoms with Crippen molar-refractivity contribution in [3.63, 3.8) is 0 Å². The van der Waals surface area contributed by atoms with Crippen LogP contribution in [0.2, 0.25) is 0 Å². The van der Waals surface area contributed by atoms with Gasteiger partial charge in [0.2, 0.25) is 0 Å². The number of rotatable bonds is 2. The average Bonchev–Trinajstić information content (AvgIpc) is 1.64. The van der Waals surface area contributed by atoms with Gasteiger partial charge in [0.15, 0.2) is 0 Å². The molecule has 0 saturated carbocycles. The van der Waals surface area contributed by atoms with Gasteiger partial charge in [-0.1, -0.05) is 8.93 Å². The highest BCUT2D eigenvalue weighted by Crippen LogP contribution is 2.23. The van der Waals surface area contributed by atoms with E-state index in [-0.39, 0.29) is 14.5 Å². The fourth-order valence-electron chi connectivity index (χ4n) is 0.185. The standard InChI is InChI=1S/C4H11NO2P2/c1-4(2,5)3(6)7-9-8/h9H,5,8H2,1-2H3. The van der Waals surface area contributed by atoms with Crippen LogP contribution in [0.3, 0.4) is 0 Å². The Bertz CT molecular complexity index is 110. The van der Waals surface area contributed by atoms with Gasteiger partial charge in [0.25, 0.3) is 0 Å². The first-order valence-corrected chi connectivity index (χ1v) is 5.16. The second-order valence-corrected chi connectivity index (χ2v) is 3.38. The van der Waals surface area contributed by atoms with E-state index in [1.807, 2.05) is 0 Å². The first-order chi connectivity index (χ1) is 3.98. The van der Waals surface area contributed by atoms with Crippen LogP contribution in [0, 0.1) is 0 Å². The summed E-state index contributed by atoms with van der Waals surface area (Å²) in [5, 5.41) is 0. The van der Waals surface area contributed by atoms with E-state index in [9.17, 15) is 4.79 Å². The van der Waals surface area contributed by atoms with Gasteiger partial charge < -0.3 is 10.3 Å². The molecule has 0 aromatic rings. The molecule has 0 bridgehead atoms. The topological polar surface area (TPSA) is 52.3 Å². The Morgan fingerprint density at radius 1 is 1.78 bits per heavy atom. The summed E-state index contributed by atoms with van der Waals surface area (Å²) >= 11 is 0. The van der Waals surface area contributed by atoms with Crippen molar-refractivity contribution in [2.24, 2.45) is 5.73 Å². The molecule has 0 spiro atoms. The third-order valence-corrected chi connectivity index (χ3v) is 1.33. The van der Waals surface area contributed by atoms with E-state index in [1.165, 1.54) is 0 Å². The van der Waals surface area contributed by atoms with E-state index in [0.29, 0.717) is 0 Å². The summed E-state index contributed by atoms with van der Waals surface area (Å²) in [5.74, 6) is -0.365. The second-order valence-electron chi connectivity index (χ2n) is 2.23. The molecule has 0 aliphatic carbocycles. The van der Waals surface area contributed by atoms with Crippen LogP contribution in [0.15, 0.2) is 0 Å². The maximum atomic E-state index is 10.7. The highest BCUT2D eigenvalue weighted by atomic mass is 32.0. The lowest BCUT2D eigenvalue weighted by molar-refractivity contribution is -0.138. The molecule has 0 rings (SSSR count). The molecule has 2 N–H and O–H groups in total. The molecule has 3 nitrogen and oxygen atoms in total. The van der Waals surface area contributed by atoms with Gasteiger partial charge in [-0.05, 0) is 13.8 Å². The monoisotopic (exact) mass is 167 g/mol. The molecular formula is C4H11NO2P2. The predicted molar refractivity (Wildman–Crippen MR) is 42.4 cm³/mol. The fraction of sp³-hybridized carbons (Fsp3) is 0.750. The first kappa shape index (κ1) is 9.29. The summed E-state index contributed by atoms with van der Waals surface area (Å²) in [6.45, 7) is 3.22. The van der Waals surface area contributed by atoms with Crippen LogP contribution in [0.1, 0.15) is 13.8 Å². The van der Waals surface area contributed by atoms with E-state index in [1.54, 1.807) is 13.8 Å². The lowest BCUT2D eigenvalue weighted by Crippen LogP contribution is -2.41. The SMILES string of the molecule is CC(C)(N)C(=O)OPP. The fourth-order valence-corrected chi connectivity index (χ4v) is 0.876. The van der Waals surface area contributed by atoms with Gasteiger partial charge in [-0.15, -0.1) is 0 Å². The third kappa shape index (κ3) is 3.80. The molecule has 9 heavy (non-hydrogen) atoms. The Labute approximate surface area is 58.7 Å². The van der Waals surface area contributed by atoms with Crippen molar-refractivity contribution < 1.29 is 9.32 Å². The molecule has 0 fully saturated rings. The molecule has 0 aromatic heterocycles. The van der Waals surface area contributed by atoms with Gasteiger partial charge >= 0.3 is 5.97 Å². The predicted octanol–water partition coefficient (Wildman–Crippen LogP) is 0.650. The number of carbonyl (C=O) groups excluding carboxylic acids is 1. The molecule has 0 aliphatic heterocycles. The second kappa shape index (κ2) is 3.46. The van der Waals surface area contributed by atoms with E-state index >= 15 is 0 Å². The van der Waals surface area contributed by atoms with Gasteiger partial charge in [0, 0.05) is 0 Å². The van der Waals surface area contributed by atoms with Crippen LogP contribution >= 0.6 is 17.4 Å². The quantitative estimate of drug-likeness (QED) is 0.614. The molecule has 0 aromatic carbocycles. The summed E-state index contributed by atoms with van der Waals surface area (Å²) in [6, 6.07) is 0. The molecule has 0 heterocycles. The van der Waals surface area contributed by atoms with Crippen molar-refractivity contribution in [2.75, 3.05) is 0 Å². The zero-order valence-corrected chi connectivity index (χ0v) is 7.63. The first-order valence-electron chi connectivity index (χ1n) is 2.44. The van der Waals surface area contributed by atoms with Crippen molar-refractivity contribution in [1.82, 2.24) is 0 Å². The van der Waals surface area contributed by atoms with Crippen molar-refractivity contribution in [3.05, 3.63) is 0 Å². The average molecular weight is 167 g/mol. The minimum Gasteiger partial charge on any atom is -0.443 e. The van der Waals surface area contributed by atoms with Gasteiger partial charge in [-0.2, -0.15) is 0 Å². The van der Waals surface area contributed by atoms with Crippen LogP contribution in [0.5, 0.6) is 0 Å². The number of nitrogens with two attached hydrogens (primary N) is 1. The van der Waals surface area contributed by atoms with E-state index in [0.717, 1.165) is 0 Å². The van der Waals surface area contributed by atoms with Gasteiger partial charge in [0.05, 0.1) is 8.50 Å². The number of hydrogen-bond acceptors (Lipinski definition) is 3. The molecule has 0 radical (unpaired) electrons. The minimum absolute atomic E-state index is 0.0988. The van der Waals surface area contributed by atoms with Crippen molar-refractivity contribution in [3.8, 4) is 0 Å². The molecule has 5 heteroatoms. The molecule has 0 saturated heterocycles. The summed E-state index contributed by atoms with van der Waals surface area (Å²) in [4.78, 5) is 10.7. The largest absolute Gasteiger partial charge is 0.443 e. The Hall–Kier alpha value is 0.290. The summed E-state index contributed by atoms with van der Waals surface area (Å²) < 4.78 is 4.63. The normalized spacial score (nSPS) is 12.4. The number of hydrogen-bond donors (Lipinski definition) is 1. The molecule has 2 atom stereocenters. The Morgan fingerprint density at radius 2 is 2.22 bits per heavy atom. The maximum Gasteiger partial charge on any atom is 0.328 e. The Balaban J connectivity index is 3.74. The zero-order chi connectivity index (χ0) is 7.49. The minimum atomic E-state index is -0.858. The van der Waals surface area contributed by atoms with Crippen molar-refractivity contribution in [2.45, 2.75) is 19.4 Å². The zero-order valence-electron chi connectivity index (χ0n) is 5.47. The van der Waals surface area contributed by atoms with Gasteiger partial charge in [-0.3, -0.25) is 0 Å². The lowest BCUT2D eigenvalue weighted by atomic mass is 10.1. The van der Waals surface area contributed by atoms with Crippen LogP contribution in [-0.2, 0) is 9.32 Å². The Kier molecular flexibility index (Phi) is 3.57. The maximum absolute atomic E-state index is 10.7. The summed E-state index contributed by atoms with van der Waals surface area (Å²) in [6.07, 6.45) is 0. The molecule has 0 aliphatic rings.